The standard InChI is InChI=1S/C16H18N8O3/c1-10-14(22-27-21-10)15(25)18-7-12-9-24-13(20-12)5-11(6-19-24)8-23-4-2-3-17-16(23)26/h5-6,9H,2-4,7-8H2,1H3,(H,17,26)(H,18,25). The zero-order chi connectivity index (χ0) is 18.8. The van der Waals surface area contributed by atoms with Crippen molar-refractivity contribution in [3.05, 3.63) is 41.1 Å². The second kappa shape index (κ2) is 7.02. The van der Waals surface area contributed by atoms with Crippen molar-refractivity contribution in [2.24, 2.45) is 0 Å². The number of amides is 3. The van der Waals surface area contributed by atoms with Gasteiger partial charge < -0.3 is 15.5 Å². The van der Waals surface area contributed by atoms with Crippen LogP contribution in [0.2, 0.25) is 0 Å². The summed E-state index contributed by atoms with van der Waals surface area (Å²) in [5.41, 5.74) is 2.77. The Balaban J connectivity index is 1.43. The SMILES string of the molecule is Cc1nonc1C(=O)NCc1cn2ncc(CN3CCCNC3=O)cc2n1. The first-order chi connectivity index (χ1) is 13.1. The second-order valence-corrected chi connectivity index (χ2v) is 6.29. The Hall–Kier alpha value is -3.50. The summed E-state index contributed by atoms with van der Waals surface area (Å²) in [7, 11) is 0. The van der Waals surface area contributed by atoms with Crippen molar-refractivity contribution in [1.82, 2.24) is 40.4 Å². The molecule has 1 saturated heterocycles. The minimum absolute atomic E-state index is 0.0643. The topological polar surface area (TPSA) is 131 Å². The van der Waals surface area contributed by atoms with Gasteiger partial charge in [0.25, 0.3) is 5.91 Å². The van der Waals surface area contributed by atoms with Gasteiger partial charge in [0.05, 0.1) is 24.6 Å². The molecule has 11 heteroatoms. The highest BCUT2D eigenvalue weighted by Gasteiger charge is 2.18. The number of carbonyl (C=O) groups excluding carboxylic acids is 2. The first kappa shape index (κ1) is 16.9. The molecule has 1 fully saturated rings. The summed E-state index contributed by atoms with van der Waals surface area (Å²) in [6.45, 7) is 3.78. The predicted molar refractivity (Wildman–Crippen MR) is 91.6 cm³/mol. The summed E-state index contributed by atoms with van der Waals surface area (Å²) in [6, 6.07) is 1.82. The third kappa shape index (κ3) is 3.57. The molecule has 11 nitrogen and oxygen atoms in total. The first-order valence-corrected chi connectivity index (χ1v) is 8.53. The maximum absolute atomic E-state index is 12.1. The van der Waals surface area contributed by atoms with E-state index in [9.17, 15) is 9.59 Å². The monoisotopic (exact) mass is 370 g/mol. The van der Waals surface area contributed by atoms with Crippen LogP contribution in [0.25, 0.3) is 5.65 Å². The predicted octanol–water partition coefficient (Wildman–Crippen LogP) is 0.266. The van der Waals surface area contributed by atoms with Gasteiger partial charge in [-0.2, -0.15) is 5.10 Å². The molecule has 3 amide bonds. The molecule has 2 N–H and O–H groups in total. The molecule has 1 aliphatic rings. The van der Waals surface area contributed by atoms with Crippen LogP contribution < -0.4 is 10.6 Å². The lowest BCUT2D eigenvalue weighted by Crippen LogP contribution is -2.45. The Labute approximate surface area is 153 Å². The summed E-state index contributed by atoms with van der Waals surface area (Å²) in [4.78, 5) is 30.1. The van der Waals surface area contributed by atoms with Crippen LogP contribution in [0.15, 0.2) is 23.1 Å². The number of aromatic nitrogens is 5. The molecule has 4 rings (SSSR count). The van der Waals surface area contributed by atoms with Gasteiger partial charge in [-0.3, -0.25) is 4.79 Å². The molecule has 0 radical (unpaired) electrons. The number of nitrogens with zero attached hydrogens (tertiary/aromatic N) is 6. The smallest absolute Gasteiger partial charge is 0.317 e. The maximum Gasteiger partial charge on any atom is 0.317 e. The van der Waals surface area contributed by atoms with Crippen molar-refractivity contribution >= 4 is 17.6 Å². The highest BCUT2D eigenvalue weighted by molar-refractivity contribution is 5.92. The van der Waals surface area contributed by atoms with Gasteiger partial charge in [-0.25, -0.2) is 18.9 Å². The average Bonchev–Trinajstić information content (AvgIpc) is 3.27. The summed E-state index contributed by atoms with van der Waals surface area (Å²) >= 11 is 0. The Morgan fingerprint density at radius 2 is 2.30 bits per heavy atom. The summed E-state index contributed by atoms with van der Waals surface area (Å²) in [5.74, 6) is -0.379. The first-order valence-electron chi connectivity index (χ1n) is 8.53. The number of aryl methyl sites for hydroxylation is 1. The quantitative estimate of drug-likeness (QED) is 0.659. The summed E-state index contributed by atoms with van der Waals surface area (Å²) < 4.78 is 6.16. The molecular weight excluding hydrogens is 352 g/mol. The number of rotatable bonds is 5. The number of hydrogen-bond acceptors (Lipinski definition) is 7. The molecular formula is C16H18N8O3. The van der Waals surface area contributed by atoms with E-state index in [0.717, 1.165) is 18.5 Å². The van der Waals surface area contributed by atoms with E-state index in [4.69, 9.17) is 0 Å². The van der Waals surface area contributed by atoms with Crippen molar-refractivity contribution in [3.8, 4) is 0 Å². The van der Waals surface area contributed by atoms with Crippen molar-refractivity contribution in [1.29, 1.82) is 0 Å². The summed E-state index contributed by atoms with van der Waals surface area (Å²) in [5, 5.41) is 17.0. The van der Waals surface area contributed by atoms with Gasteiger partial charge >= 0.3 is 6.03 Å². The van der Waals surface area contributed by atoms with Crippen LogP contribution in [-0.4, -0.2) is 54.8 Å². The molecule has 0 bridgehead atoms. The molecule has 0 saturated carbocycles. The van der Waals surface area contributed by atoms with Crippen LogP contribution in [0.4, 0.5) is 4.79 Å². The van der Waals surface area contributed by atoms with Gasteiger partial charge in [0.15, 0.2) is 11.3 Å². The number of imidazole rings is 1. The third-order valence-electron chi connectivity index (χ3n) is 4.27. The zero-order valence-corrected chi connectivity index (χ0v) is 14.7. The Morgan fingerprint density at radius 1 is 1.41 bits per heavy atom. The van der Waals surface area contributed by atoms with Gasteiger partial charge in [0, 0.05) is 19.6 Å². The Bertz CT molecular complexity index is 995. The van der Waals surface area contributed by atoms with E-state index in [0.29, 0.717) is 30.1 Å². The van der Waals surface area contributed by atoms with Gasteiger partial charge in [-0.15, -0.1) is 0 Å². The number of nitrogens with one attached hydrogen (secondary N) is 2. The fourth-order valence-electron chi connectivity index (χ4n) is 2.88. The van der Waals surface area contributed by atoms with E-state index in [1.54, 1.807) is 28.7 Å². The highest BCUT2D eigenvalue weighted by Crippen LogP contribution is 2.11. The van der Waals surface area contributed by atoms with Crippen LogP contribution in [0, 0.1) is 6.92 Å². The van der Waals surface area contributed by atoms with Crippen molar-refractivity contribution in [3.63, 3.8) is 0 Å². The fourth-order valence-corrected chi connectivity index (χ4v) is 2.88. The number of urea groups is 1. The molecule has 1 aliphatic heterocycles. The van der Waals surface area contributed by atoms with E-state index in [-0.39, 0.29) is 24.2 Å². The van der Waals surface area contributed by atoms with Gasteiger partial charge in [-0.1, -0.05) is 5.16 Å². The molecule has 3 aromatic rings. The van der Waals surface area contributed by atoms with E-state index in [1.807, 2.05) is 6.07 Å². The minimum Gasteiger partial charge on any atom is -0.345 e. The van der Waals surface area contributed by atoms with Gasteiger partial charge in [0.1, 0.15) is 5.69 Å². The largest absolute Gasteiger partial charge is 0.345 e. The lowest BCUT2D eigenvalue weighted by molar-refractivity contribution is 0.0940. The molecule has 0 spiro atoms. The molecule has 0 aliphatic carbocycles. The molecule has 0 atom stereocenters. The normalized spacial score (nSPS) is 14.4. The second-order valence-electron chi connectivity index (χ2n) is 6.29. The number of carbonyl (C=O) groups is 2. The lowest BCUT2D eigenvalue weighted by atomic mass is 10.2. The van der Waals surface area contributed by atoms with E-state index in [2.05, 4.69) is 35.7 Å². The molecule has 3 aromatic heterocycles. The molecule has 0 aromatic carbocycles. The van der Waals surface area contributed by atoms with Crippen molar-refractivity contribution < 1.29 is 14.2 Å². The van der Waals surface area contributed by atoms with Gasteiger partial charge in [-0.05, 0) is 30.1 Å². The Morgan fingerprint density at radius 3 is 3.07 bits per heavy atom. The highest BCUT2D eigenvalue weighted by atomic mass is 16.6. The van der Waals surface area contributed by atoms with Crippen LogP contribution in [0.3, 0.4) is 0 Å². The average molecular weight is 370 g/mol. The zero-order valence-electron chi connectivity index (χ0n) is 14.7. The molecule has 27 heavy (non-hydrogen) atoms. The fraction of sp³-hybridized carbons (Fsp3) is 0.375. The molecule has 140 valence electrons. The van der Waals surface area contributed by atoms with Crippen LogP contribution in [-0.2, 0) is 13.1 Å². The van der Waals surface area contributed by atoms with Crippen molar-refractivity contribution in [2.75, 3.05) is 13.1 Å². The maximum atomic E-state index is 12.1. The number of hydrogen-bond donors (Lipinski definition) is 2. The Kier molecular flexibility index (Phi) is 4.40. The molecule has 4 heterocycles. The van der Waals surface area contributed by atoms with E-state index < -0.39 is 0 Å². The van der Waals surface area contributed by atoms with Gasteiger partial charge in [0.2, 0.25) is 0 Å². The summed E-state index contributed by atoms with van der Waals surface area (Å²) in [6.07, 6.45) is 4.37. The lowest BCUT2D eigenvalue weighted by Gasteiger charge is -2.27. The van der Waals surface area contributed by atoms with Crippen LogP contribution in [0.5, 0.6) is 0 Å². The van der Waals surface area contributed by atoms with Crippen LogP contribution in [0.1, 0.15) is 33.9 Å². The minimum atomic E-state index is -0.379. The van der Waals surface area contributed by atoms with E-state index in [1.165, 1.54) is 0 Å². The van der Waals surface area contributed by atoms with Crippen LogP contribution >= 0.6 is 0 Å². The number of fused-ring (bicyclic) bond motifs is 1. The van der Waals surface area contributed by atoms with E-state index >= 15 is 0 Å². The van der Waals surface area contributed by atoms with Crippen molar-refractivity contribution in [2.45, 2.75) is 26.4 Å². The third-order valence-corrected chi connectivity index (χ3v) is 4.27. The molecule has 0 unspecified atom stereocenters.